The largest absolute Gasteiger partial charge is 0.317 e. The molecule has 70 valence electrons. The highest BCUT2D eigenvalue weighted by Gasteiger charge is 1.96. The third-order valence-electron chi connectivity index (χ3n) is 2.37. The molecular weight excluding hydrogens is 146 g/mol. The number of rotatable bonds is 0. The van der Waals surface area contributed by atoms with Gasteiger partial charge in [0.05, 0.1) is 0 Å². The van der Waals surface area contributed by atoms with Crippen LogP contribution in [-0.2, 0) is 0 Å². The van der Waals surface area contributed by atoms with Gasteiger partial charge in [-0.05, 0) is 38.8 Å². The van der Waals surface area contributed by atoms with E-state index in [1.807, 2.05) is 0 Å². The van der Waals surface area contributed by atoms with Crippen molar-refractivity contribution in [2.75, 3.05) is 13.1 Å². The first-order valence-corrected chi connectivity index (χ1v) is 5.34. The third kappa shape index (κ3) is 5.59. The molecule has 1 heteroatoms. The maximum atomic E-state index is 3.25. The van der Waals surface area contributed by atoms with E-state index in [4.69, 9.17) is 0 Å². The molecule has 1 heterocycles. The SMILES string of the molecule is [CH]1CCCCC1.[CH]1CCNCC1. The smallest absolute Gasteiger partial charge is 0.00462 e. The van der Waals surface area contributed by atoms with Crippen LogP contribution in [-0.4, -0.2) is 13.1 Å². The minimum Gasteiger partial charge on any atom is -0.317 e. The fourth-order valence-corrected chi connectivity index (χ4v) is 1.58. The Morgan fingerprint density at radius 1 is 0.667 bits per heavy atom. The second-order valence-electron chi connectivity index (χ2n) is 3.54. The molecule has 2 aliphatic rings. The number of nitrogens with one attached hydrogen (secondary N) is 1. The third-order valence-corrected chi connectivity index (χ3v) is 2.37. The summed E-state index contributed by atoms with van der Waals surface area (Å²) in [6, 6.07) is 0. The van der Waals surface area contributed by atoms with Crippen molar-refractivity contribution < 1.29 is 0 Å². The minimum absolute atomic E-state index is 1.19. The van der Waals surface area contributed by atoms with Crippen molar-refractivity contribution in [1.82, 2.24) is 5.32 Å². The minimum atomic E-state index is 1.19. The summed E-state index contributed by atoms with van der Waals surface area (Å²) < 4.78 is 0. The molecule has 0 aromatic rings. The van der Waals surface area contributed by atoms with Gasteiger partial charge in [-0.1, -0.05) is 32.1 Å². The summed E-state index contributed by atoms with van der Waals surface area (Å²) in [5, 5.41) is 3.25. The lowest BCUT2D eigenvalue weighted by Gasteiger charge is -2.08. The van der Waals surface area contributed by atoms with Gasteiger partial charge in [-0.25, -0.2) is 0 Å². The van der Waals surface area contributed by atoms with Crippen LogP contribution in [0, 0.1) is 12.8 Å². The quantitative estimate of drug-likeness (QED) is 0.585. The molecule has 1 aliphatic heterocycles. The molecule has 1 N–H and O–H groups in total. The Morgan fingerprint density at radius 2 is 1.25 bits per heavy atom. The van der Waals surface area contributed by atoms with Crippen LogP contribution in [0.3, 0.4) is 0 Å². The van der Waals surface area contributed by atoms with Gasteiger partial charge in [0, 0.05) is 0 Å². The molecule has 2 radical (unpaired) electrons. The van der Waals surface area contributed by atoms with Crippen molar-refractivity contribution in [3.63, 3.8) is 0 Å². The number of piperidine rings is 1. The van der Waals surface area contributed by atoms with E-state index in [1.54, 1.807) is 0 Å². The molecule has 0 aromatic carbocycles. The van der Waals surface area contributed by atoms with Crippen molar-refractivity contribution in [3.8, 4) is 0 Å². The molecule has 0 spiro atoms. The van der Waals surface area contributed by atoms with Gasteiger partial charge in [-0.2, -0.15) is 0 Å². The van der Waals surface area contributed by atoms with E-state index in [1.165, 1.54) is 58.0 Å². The average Bonchev–Trinajstić information content (AvgIpc) is 2.24. The van der Waals surface area contributed by atoms with Crippen LogP contribution < -0.4 is 5.32 Å². The second kappa shape index (κ2) is 7.60. The Kier molecular flexibility index (Phi) is 6.36. The maximum Gasteiger partial charge on any atom is -0.00462 e. The van der Waals surface area contributed by atoms with Gasteiger partial charge < -0.3 is 5.32 Å². The van der Waals surface area contributed by atoms with Gasteiger partial charge in [-0.15, -0.1) is 0 Å². The fourth-order valence-electron chi connectivity index (χ4n) is 1.58. The molecule has 0 aromatic heterocycles. The lowest BCUT2D eigenvalue weighted by molar-refractivity contribution is 0.593. The van der Waals surface area contributed by atoms with Crippen molar-refractivity contribution in [2.45, 2.75) is 44.9 Å². The number of hydrogen-bond donors (Lipinski definition) is 1. The summed E-state index contributed by atoms with van der Waals surface area (Å²) in [4.78, 5) is 0. The normalized spacial score (nSPS) is 24.0. The zero-order valence-electron chi connectivity index (χ0n) is 8.02. The molecular formula is C11H21N. The second-order valence-corrected chi connectivity index (χ2v) is 3.54. The molecule has 1 saturated heterocycles. The van der Waals surface area contributed by atoms with Crippen molar-refractivity contribution in [3.05, 3.63) is 12.8 Å². The molecule has 12 heavy (non-hydrogen) atoms. The summed E-state index contributed by atoms with van der Waals surface area (Å²) in [5.41, 5.74) is 0. The lowest BCUT2D eigenvalue weighted by Crippen LogP contribution is -2.21. The molecule has 0 atom stereocenters. The molecule has 1 saturated carbocycles. The summed E-state index contributed by atoms with van der Waals surface area (Å²) in [7, 11) is 0. The van der Waals surface area contributed by atoms with Crippen molar-refractivity contribution in [1.29, 1.82) is 0 Å². The molecule has 2 fully saturated rings. The molecule has 0 unspecified atom stereocenters. The van der Waals surface area contributed by atoms with E-state index in [-0.39, 0.29) is 0 Å². The van der Waals surface area contributed by atoms with Crippen LogP contribution in [0.25, 0.3) is 0 Å². The topological polar surface area (TPSA) is 12.0 Å². The standard InChI is InChI=1S/C6H11.C5H10N/c2*1-2-4-6-5-3-1/h1H,2-6H2;1,6H,2-5H2. The van der Waals surface area contributed by atoms with E-state index in [0.717, 1.165) is 0 Å². The Balaban J connectivity index is 0.000000120. The van der Waals surface area contributed by atoms with Crippen LogP contribution in [0.15, 0.2) is 0 Å². The summed E-state index contributed by atoms with van der Waals surface area (Å²) in [6.45, 7) is 2.39. The predicted molar refractivity (Wildman–Crippen MR) is 53.8 cm³/mol. The van der Waals surface area contributed by atoms with Gasteiger partial charge >= 0.3 is 0 Å². The Morgan fingerprint density at radius 3 is 1.42 bits per heavy atom. The molecule has 0 amide bonds. The van der Waals surface area contributed by atoms with E-state index >= 15 is 0 Å². The van der Waals surface area contributed by atoms with E-state index in [2.05, 4.69) is 18.2 Å². The summed E-state index contributed by atoms with van der Waals surface area (Å²) >= 11 is 0. The van der Waals surface area contributed by atoms with Gasteiger partial charge in [0.15, 0.2) is 0 Å². The van der Waals surface area contributed by atoms with Gasteiger partial charge in [0.1, 0.15) is 0 Å². The highest BCUT2D eigenvalue weighted by atomic mass is 14.9. The number of hydrogen-bond acceptors (Lipinski definition) is 1. The van der Waals surface area contributed by atoms with Gasteiger partial charge in [0.25, 0.3) is 0 Å². The van der Waals surface area contributed by atoms with Crippen LogP contribution >= 0.6 is 0 Å². The van der Waals surface area contributed by atoms with E-state index in [9.17, 15) is 0 Å². The highest BCUT2D eigenvalue weighted by Crippen LogP contribution is 2.14. The Labute approximate surface area is 76.9 Å². The van der Waals surface area contributed by atoms with Crippen LogP contribution in [0.1, 0.15) is 44.9 Å². The predicted octanol–water partition coefficient (Wildman–Crippen LogP) is 2.73. The van der Waals surface area contributed by atoms with Crippen LogP contribution in [0.4, 0.5) is 0 Å². The fraction of sp³-hybridized carbons (Fsp3) is 0.818. The summed E-state index contributed by atoms with van der Waals surface area (Å²) in [6.07, 6.45) is 14.4. The summed E-state index contributed by atoms with van der Waals surface area (Å²) in [5.74, 6) is 0. The van der Waals surface area contributed by atoms with Gasteiger partial charge in [0.2, 0.25) is 0 Å². The average molecular weight is 167 g/mol. The Hall–Kier alpha value is -0.0400. The molecule has 1 aliphatic carbocycles. The zero-order chi connectivity index (χ0) is 8.49. The van der Waals surface area contributed by atoms with Gasteiger partial charge in [-0.3, -0.25) is 0 Å². The first kappa shape index (κ1) is 10.0. The zero-order valence-corrected chi connectivity index (χ0v) is 8.02. The molecule has 0 bridgehead atoms. The highest BCUT2D eigenvalue weighted by molar-refractivity contribution is 4.72. The monoisotopic (exact) mass is 167 g/mol. The van der Waals surface area contributed by atoms with Crippen molar-refractivity contribution in [2.24, 2.45) is 0 Å². The Bertz CT molecular complexity index is 48.0. The van der Waals surface area contributed by atoms with Crippen LogP contribution in [0.2, 0.25) is 0 Å². The maximum absolute atomic E-state index is 3.25. The molecule has 2 rings (SSSR count). The first-order chi connectivity index (χ1) is 6.00. The van der Waals surface area contributed by atoms with E-state index in [0.29, 0.717) is 0 Å². The van der Waals surface area contributed by atoms with Crippen molar-refractivity contribution >= 4 is 0 Å². The lowest BCUT2D eigenvalue weighted by atomic mass is 10.0. The van der Waals surface area contributed by atoms with Crippen LogP contribution in [0.5, 0.6) is 0 Å². The van der Waals surface area contributed by atoms with E-state index < -0.39 is 0 Å². The molecule has 1 nitrogen and oxygen atoms in total. The first-order valence-electron chi connectivity index (χ1n) is 5.34.